The fourth-order valence-electron chi connectivity index (χ4n) is 3.12. The molecular weight excluding hydrogens is 384 g/mol. The van der Waals surface area contributed by atoms with Crippen molar-refractivity contribution in [3.05, 3.63) is 35.4 Å². The van der Waals surface area contributed by atoms with Crippen molar-refractivity contribution in [1.29, 1.82) is 0 Å². The van der Waals surface area contributed by atoms with E-state index in [0.717, 1.165) is 44.2 Å². The van der Waals surface area contributed by atoms with Gasteiger partial charge in [-0.2, -0.15) is 0 Å². The molecule has 0 radical (unpaired) electrons. The standard InChI is InChI=1S/C21H34N6O3/c1-22-21(24-9-12-26(2)11-4-14-30-3)25-15-17-5-7-18(8-6-17)20(29)27-13-10-23-19(28)16-27/h5-8H,4,9-16H2,1-3H3,(H,23,28)(H2,22,24,25). The van der Waals surface area contributed by atoms with Crippen LogP contribution < -0.4 is 16.0 Å². The van der Waals surface area contributed by atoms with Crippen LogP contribution in [0.25, 0.3) is 0 Å². The summed E-state index contributed by atoms with van der Waals surface area (Å²) in [7, 11) is 5.55. The molecule has 0 unspecified atom stereocenters. The number of ether oxygens (including phenoxy) is 1. The van der Waals surface area contributed by atoms with Crippen molar-refractivity contribution in [1.82, 2.24) is 25.8 Å². The molecular formula is C21H34N6O3. The summed E-state index contributed by atoms with van der Waals surface area (Å²) in [5.74, 6) is 0.506. The SMILES string of the molecule is CN=C(NCCN(C)CCCOC)NCc1ccc(C(=O)N2CCNC(=O)C2)cc1. The molecule has 0 spiro atoms. The highest BCUT2D eigenvalue weighted by atomic mass is 16.5. The van der Waals surface area contributed by atoms with Crippen LogP contribution in [0, 0.1) is 0 Å². The van der Waals surface area contributed by atoms with Crippen molar-refractivity contribution in [2.75, 3.05) is 67.1 Å². The third-order valence-electron chi connectivity index (χ3n) is 4.88. The Morgan fingerprint density at radius 3 is 2.70 bits per heavy atom. The van der Waals surface area contributed by atoms with Gasteiger partial charge in [0.2, 0.25) is 5.91 Å². The van der Waals surface area contributed by atoms with E-state index >= 15 is 0 Å². The zero-order chi connectivity index (χ0) is 21.8. The van der Waals surface area contributed by atoms with Gasteiger partial charge < -0.3 is 30.5 Å². The van der Waals surface area contributed by atoms with Gasteiger partial charge in [0, 0.05) is 65.6 Å². The Kier molecular flexibility index (Phi) is 10.1. The van der Waals surface area contributed by atoms with Gasteiger partial charge in [0.25, 0.3) is 5.91 Å². The third-order valence-corrected chi connectivity index (χ3v) is 4.88. The minimum Gasteiger partial charge on any atom is -0.385 e. The van der Waals surface area contributed by atoms with Crippen molar-refractivity contribution in [2.24, 2.45) is 4.99 Å². The highest BCUT2D eigenvalue weighted by molar-refractivity contribution is 5.97. The fourth-order valence-corrected chi connectivity index (χ4v) is 3.12. The molecule has 0 aliphatic carbocycles. The van der Waals surface area contributed by atoms with Crippen molar-refractivity contribution in [2.45, 2.75) is 13.0 Å². The van der Waals surface area contributed by atoms with Gasteiger partial charge in [-0.3, -0.25) is 14.6 Å². The molecule has 30 heavy (non-hydrogen) atoms. The van der Waals surface area contributed by atoms with Crippen LogP contribution in [0.4, 0.5) is 0 Å². The minimum atomic E-state index is -0.115. The number of benzene rings is 1. The summed E-state index contributed by atoms with van der Waals surface area (Å²) >= 11 is 0. The fraction of sp³-hybridized carbons (Fsp3) is 0.571. The number of guanidine groups is 1. The van der Waals surface area contributed by atoms with E-state index in [1.54, 1.807) is 31.2 Å². The molecule has 1 heterocycles. The molecule has 0 saturated carbocycles. The summed E-state index contributed by atoms with van der Waals surface area (Å²) in [6, 6.07) is 7.44. The predicted molar refractivity (Wildman–Crippen MR) is 118 cm³/mol. The quantitative estimate of drug-likeness (QED) is 0.279. The van der Waals surface area contributed by atoms with Gasteiger partial charge in [0.05, 0.1) is 6.54 Å². The van der Waals surface area contributed by atoms with Crippen LogP contribution in [0.1, 0.15) is 22.3 Å². The number of nitrogens with one attached hydrogen (secondary N) is 3. The Labute approximate surface area is 178 Å². The van der Waals surface area contributed by atoms with E-state index < -0.39 is 0 Å². The lowest BCUT2D eigenvalue weighted by molar-refractivity contribution is -0.123. The zero-order valence-electron chi connectivity index (χ0n) is 18.2. The molecule has 166 valence electrons. The molecule has 1 fully saturated rings. The van der Waals surface area contributed by atoms with Gasteiger partial charge in [-0.25, -0.2) is 0 Å². The van der Waals surface area contributed by atoms with E-state index in [2.05, 4.69) is 32.9 Å². The van der Waals surface area contributed by atoms with Gasteiger partial charge in [0.1, 0.15) is 0 Å². The Balaban J connectivity index is 1.74. The van der Waals surface area contributed by atoms with Gasteiger partial charge in [-0.15, -0.1) is 0 Å². The molecule has 3 N–H and O–H groups in total. The van der Waals surface area contributed by atoms with Gasteiger partial charge in [0.15, 0.2) is 5.96 Å². The second kappa shape index (κ2) is 12.8. The molecule has 0 aromatic heterocycles. The summed E-state index contributed by atoms with van der Waals surface area (Å²) in [4.78, 5) is 32.1. The molecule has 9 nitrogen and oxygen atoms in total. The number of nitrogens with zero attached hydrogens (tertiary/aromatic N) is 3. The van der Waals surface area contributed by atoms with Crippen LogP contribution in [0.5, 0.6) is 0 Å². The molecule has 1 aliphatic rings. The number of rotatable bonds is 10. The van der Waals surface area contributed by atoms with E-state index in [4.69, 9.17) is 4.74 Å². The van der Waals surface area contributed by atoms with E-state index in [1.807, 2.05) is 12.1 Å². The number of likely N-dealkylation sites (N-methyl/N-ethyl adjacent to an activating group) is 1. The van der Waals surface area contributed by atoms with Crippen LogP contribution in [0.3, 0.4) is 0 Å². The second-order valence-corrected chi connectivity index (χ2v) is 7.28. The highest BCUT2D eigenvalue weighted by Gasteiger charge is 2.22. The van der Waals surface area contributed by atoms with Gasteiger partial charge in [-0.1, -0.05) is 12.1 Å². The van der Waals surface area contributed by atoms with Gasteiger partial charge >= 0.3 is 0 Å². The number of aliphatic imine (C=N–C) groups is 1. The maximum atomic E-state index is 12.5. The highest BCUT2D eigenvalue weighted by Crippen LogP contribution is 2.09. The van der Waals surface area contributed by atoms with Crippen LogP contribution in [-0.2, 0) is 16.1 Å². The lowest BCUT2D eigenvalue weighted by Gasteiger charge is -2.26. The summed E-state index contributed by atoms with van der Waals surface area (Å²) in [5, 5.41) is 9.31. The summed E-state index contributed by atoms with van der Waals surface area (Å²) < 4.78 is 5.07. The number of carbonyl (C=O) groups is 2. The first-order valence-electron chi connectivity index (χ1n) is 10.3. The molecule has 9 heteroatoms. The van der Waals surface area contributed by atoms with Crippen LogP contribution in [-0.4, -0.2) is 94.7 Å². The van der Waals surface area contributed by atoms with Crippen LogP contribution in [0.2, 0.25) is 0 Å². The Bertz CT molecular complexity index is 707. The lowest BCUT2D eigenvalue weighted by Crippen LogP contribution is -2.49. The first-order valence-corrected chi connectivity index (χ1v) is 10.3. The minimum absolute atomic E-state index is 0.114. The molecule has 1 aliphatic heterocycles. The van der Waals surface area contributed by atoms with Crippen molar-refractivity contribution < 1.29 is 14.3 Å². The number of amides is 2. The number of hydrogen-bond donors (Lipinski definition) is 3. The molecule has 1 aromatic rings. The smallest absolute Gasteiger partial charge is 0.254 e. The average molecular weight is 419 g/mol. The lowest BCUT2D eigenvalue weighted by atomic mass is 10.1. The van der Waals surface area contributed by atoms with Gasteiger partial charge in [-0.05, 0) is 31.2 Å². The molecule has 0 bridgehead atoms. The van der Waals surface area contributed by atoms with E-state index in [-0.39, 0.29) is 18.4 Å². The van der Waals surface area contributed by atoms with E-state index in [9.17, 15) is 9.59 Å². The average Bonchev–Trinajstić information content (AvgIpc) is 2.76. The monoisotopic (exact) mass is 418 g/mol. The van der Waals surface area contributed by atoms with Crippen molar-refractivity contribution >= 4 is 17.8 Å². The number of piperazine rings is 1. The molecule has 2 amide bonds. The summed E-state index contributed by atoms with van der Waals surface area (Å²) in [6.45, 7) is 5.23. The van der Waals surface area contributed by atoms with E-state index in [1.165, 1.54) is 0 Å². The predicted octanol–water partition coefficient (Wildman–Crippen LogP) is -0.108. The van der Waals surface area contributed by atoms with Crippen molar-refractivity contribution in [3.8, 4) is 0 Å². The molecule has 1 aromatic carbocycles. The Morgan fingerprint density at radius 2 is 2.03 bits per heavy atom. The molecule has 2 rings (SSSR count). The number of methoxy groups -OCH3 is 1. The summed E-state index contributed by atoms with van der Waals surface area (Å²) in [5.41, 5.74) is 1.63. The number of hydrogen-bond acceptors (Lipinski definition) is 5. The summed E-state index contributed by atoms with van der Waals surface area (Å²) in [6.07, 6.45) is 1.02. The molecule has 1 saturated heterocycles. The maximum absolute atomic E-state index is 12.5. The molecule has 0 atom stereocenters. The Morgan fingerprint density at radius 1 is 1.27 bits per heavy atom. The van der Waals surface area contributed by atoms with Crippen LogP contribution >= 0.6 is 0 Å². The normalized spacial score (nSPS) is 14.6. The Hall–Kier alpha value is -2.65. The zero-order valence-corrected chi connectivity index (χ0v) is 18.2. The third kappa shape index (κ3) is 8.00. The largest absolute Gasteiger partial charge is 0.385 e. The van der Waals surface area contributed by atoms with Crippen LogP contribution in [0.15, 0.2) is 29.3 Å². The number of carbonyl (C=O) groups excluding carboxylic acids is 2. The van der Waals surface area contributed by atoms with E-state index in [0.29, 0.717) is 25.2 Å². The first-order chi connectivity index (χ1) is 14.5. The second-order valence-electron chi connectivity index (χ2n) is 7.28. The first kappa shape index (κ1) is 23.6. The maximum Gasteiger partial charge on any atom is 0.254 e. The topological polar surface area (TPSA) is 98.3 Å². The van der Waals surface area contributed by atoms with Crippen molar-refractivity contribution in [3.63, 3.8) is 0 Å².